The molecule has 3 aromatic carbocycles. The van der Waals surface area contributed by atoms with Crippen LogP contribution in [0.1, 0.15) is 0 Å². The molecule has 0 aliphatic heterocycles. The highest BCUT2D eigenvalue weighted by atomic mass is 16.5. The van der Waals surface area contributed by atoms with E-state index in [9.17, 15) is 0 Å². The van der Waals surface area contributed by atoms with Crippen LogP contribution in [0.5, 0.6) is 11.5 Å². The molecule has 0 saturated carbocycles. The molecule has 3 rings (SSSR count). The molecule has 81 valence electrons. The van der Waals surface area contributed by atoms with Gasteiger partial charge in [-0.05, 0) is 35.7 Å². The Kier molecular flexibility index (Phi) is 2.51. The minimum Gasteiger partial charge on any atom is -0.457 e. The van der Waals surface area contributed by atoms with Crippen molar-refractivity contribution < 1.29 is 4.74 Å². The predicted octanol–water partition coefficient (Wildman–Crippen LogP) is 4.43. The number of fused-ring (bicyclic) bond motifs is 1. The zero-order valence-electron chi connectivity index (χ0n) is 9.26. The Hall–Kier alpha value is -2.28. The standard InChI is InChI=1S/C16H11O/c1-2-9-14(10-3-1)17-16-12-6-8-13-7-4-5-11-15(13)16/h1-3,5-12H. The Morgan fingerprint density at radius 1 is 0.824 bits per heavy atom. The van der Waals surface area contributed by atoms with Gasteiger partial charge in [-0.15, -0.1) is 0 Å². The van der Waals surface area contributed by atoms with E-state index in [-0.39, 0.29) is 0 Å². The molecule has 1 heteroatoms. The van der Waals surface area contributed by atoms with Gasteiger partial charge in [-0.1, -0.05) is 42.5 Å². The second-order valence-corrected chi connectivity index (χ2v) is 3.82. The molecule has 0 aromatic heterocycles. The molecule has 17 heavy (non-hydrogen) atoms. The van der Waals surface area contributed by atoms with Crippen molar-refractivity contribution in [3.05, 3.63) is 72.8 Å². The van der Waals surface area contributed by atoms with Crippen molar-refractivity contribution in [3.63, 3.8) is 0 Å². The molecule has 0 bridgehead atoms. The van der Waals surface area contributed by atoms with Crippen molar-refractivity contribution in [3.8, 4) is 11.5 Å². The van der Waals surface area contributed by atoms with E-state index in [0.29, 0.717) is 0 Å². The highest BCUT2D eigenvalue weighted by molar-refractivity contribution is 5.88. The van der Waals surface area contributed by atoms with Crippen molar-refractivity contribution in [1.82, 2.24) is 0 Å². The summed E-state index contributed by atoms with van der Waals surface area (Å²) in [4.78, 5) is 0. The van der Waals surface area contributed by atoms with Crippen LogP contribution in [0.3, 0.4) is 0 Å². The number of ether oxygens (including phenoxy) is 1. The molecule has 0 N–H and O–H groups in total. The van der Waals surface area contributed by atoms with Gasteiger partial charge in [0.2, 0.25) is 0 Å². The monoisotopic (exact) mass is 219 g/mol. The molecule has 0 saturated heterocycles. The number of hydrogen-bond donors (Lipinski definition) is 0. The minimum atomic E-state index is 0.854. The van der Waals surface area contributed by atoms with Crippen LogP contribution in [-0.2, 0) is 0 Å². The third kappa shape index (κ3) is 2.00. The number of benzene rings is 3. The average Bonchev–Trinajstić information content (AvgIpc) is 2.40. The van der Waals surface area contributed by atoms with Crippen LogP contribution in [0, 0.1) is 6.07 Å². The van der Waals surface area contributed by atoms with Gasteiger partial charge in [0.15, 0.2) is 0 Å². The highest BCUT2D eigenvalue weighted by Gasteiger charge is 2.01. The molecule has 1 radical (unpaired) electrons. The largest absolute Gasteiger partial charge is 0.457 e. The second-order valence-electron chi connectivity index (χ2n) is 3.82. The normalized spacial score (nSPS) is 10.4. The van der Waals surface area contributed by atoms with Crippen LogP contribution in [0.2, 0.25) is 0 Å². The Morgan fingerprint density at radius 2 is 1.71 bits per heavy atom. The van der Waals surface area contributed by atoms with Gasteiger partial charge in [0.25, 0.3) is 0 Å². The maximum Gasteiger partial charge on any atom is 0.135 e. The van der Waals surface area contributed by atoms with E-state index in [4.69, 9.17) is 4.74 Å². The summed E-state index contributed by atoms with van der Waals surface area (Å²) in [6, 6.07) is 24.8. The summed E-state index contributed by atoms with van der Waals surface area (Å²) in [5.41, 5.74) is 0. The molecular weight excluding hydrogens is 208 g/mol. The van der Waals surface area contributed by atoms with Gasteiger partial charge in [0, 0.05) is 5.39 Å². The lowest BCUT2D eigenvalue weighted by molar-refractivity contribution is 0.488. The van der Waals surface area contributed by atoms with E-state index in [1.54, 1.807) is 0 Å². The number of para-hydroxylation sites is 1. The zero-order valence-corrected chi connectivity index (χ0v) is 9.26. The Bertz CT molecular complexity index is 624. The van der Waals surface area contributed by atoms with Gasteiger partial charge in [-0.2, -0.15) is 0 Å². The van der Waals surface area contributed by atoms with Gasteiger partial charge < -0.3 is 4.74 Å². The lowest BCUT2D eigenvalue weighted by atomic mass is 10.1. The molecule has 0 atom stereocenters. The van der Waals surface area contributed by atoms with Crippen LogP contribution in [-0.4, -0.2) is 0 Å². The second kappa shape index (κ2) is 4.30. The summed E-state index contributed by atoms with van der Waals surface area (Å²) in [5, 5.41) is 2.25. The van der Waals surface area contributed by atoms with Crippen LogP contribution < -0.4 is 4.74 Å². The lowest BCUT2D eigenvalue weighted by Gasteiger charge is -2.08. The average molecular weight is 219 g/mol. The van der Waals surface area contributed by atoms with Crippen molar-refractivity contribution in [2.24, 2.45) is 0 Å². The quantitative estimate of drug-likeness (QED) is 0.619. The Balaban J connectivity index is 2.06. The van der Waals surface area contributed by atoms with Gasteiger partial charge in [-0.25, -0.2) is 0 Å². The van der Waals surface area contributed by atoms with Gasteiger partial charge in [-0.3, -0.25) is 0 Å². The summed E-state index contributed by atoms with van der Waals surface area (Å²) in [6.45, 7) is 0. The minimum absolute atomic E-state index is 0.854. The summed E-state index contributed by atoms with van der Waals surface area (Å²) in [5.74, 6) is 1.73. The first-order chi connectivity index (χ1) is 8.43. The smallest absolute Gasteiger partial charge is 0.135 e. The molecule has 0 aliphatic rings. The van der Waals surface area contributed by atoms with E-state index in [1.807, 2.05) is 60.7 Å². The SMILES string of the molecule is [c]1ccc2c(Oc3ccccc3)cccc2c1. The van der Waals surface area contributed by atoms with E-state index in [2.05, 4.69) is 12.1 Å². The van der Waals surface area contributed by atoms with Crippen molar-refractivity contribution in [2.45, 2.75) is 0 Å². The van der Waals surface area contributed by atoms with E-state index < -0.39 is 0 Å². The fourth-order valence-electron chi connectivity index (χ4n) is 1.84. The van der Waals surface area contributed by atoms with Gasteiger partial charge >= 0.3 is 0 Å². The zero-order chi connectivity index (χ0) is 11.5. The first kappa shape index (κ1) is 9.91. The van der Waals surface area contributed by atoms with Crippen LogP contribution in [0.4, 0.5) is 0 Å². The van der Waals surface area contributed by atoms with Gasteiger partial charge in [0.1, 0.15) is 11.5 Å². The molecule has 0 unspecified atom stereocenters. The first-order valence-electron chi connectivity index (χ1n) is 5.55. The summed E-state index contributed by atoms with van der Waals surface area (Å²) < 4.78 is 5.88. The maximum atomic E-state index is 5.88. The lowest BCUT2D eigenvalue weighted by Crippen LogP contribution is -1.85. The third-order valence-corrected chi connectivity index (χ3v) is 2.66. The molecule has 0 aliphatic carbocycles. The van der Waals surface area contributed by atoms with Crippen molar-refractivity contribution >= 4 is 10.8 Å². The number of rotatable bonds is 2. The van der Waals surface area contributed by atoms with E-state index in [0.717, 1.165) is 22.3 Å². The molecular formula is C16H11O. The molecule has 0 spiro atoms. The molecule has 0 fully saturated rings. The molecule has 0 heterocycles. The Labute approximate surface area is 100 Å². The summed E-state index contributed by atoms with van der Waals surface area (Å²) in [7, 11) is 0. The maximum absolute atomic E-state index is 5.88. The molecule has 0 amide bonds. The predicted molar refractivity (Wildman–Crippen MR) is 69.3 cm³/mol. The third-order valence-electron chi connectivity index (χ3n) is 2.66. The topological polar surface area (TPSA) is 9.23 Å². The fourth-order valence-corrected chi connectivity index (χ4v) is 1.84. The number of hydrogen-bond acceptors (Lipinski definition) is 1. The van der Waals surface area contributed by atoms with E-state index >= 15 is 0 Å². The molecule has 3 aromatic rings. The highest BCUT2D eigenvalue weighted by Crippen LogP contribution is 2.29. The van der Waals surface area contributed by atoms with Crippen LogP contribution in [0.25, 0.3) is 10.8 Å². The van der Waals surface area contributed by atoms with Crippen molar-refractivity contribution in [2.75, 3.05) is 0 Å². The summed E-state index contributed by atoms with van der Waals surface area (Å²) >= 11 is 0. The first-order valence-corrected chi connectivity index (χ1v) is 5.55. The molecule has 1 nitrogen and oxygen atoms in total. The van der Waals surface area contributed by atoms with Crippen LogP contribution >= 0.6 is 0 Å². The summed E-state index contributed by atoms with van der Waals surface area (Å²) in [6.07, 6.45) is 0. The fraction of sp³-hybridized carbons (Fsp3) is 0. The van der Waals surface area contributed by atoms with Crippen molar-refractivity contribution in [1.29, 1.82) is 0 Å². The van der Waals surface area contributed by atoms with E-state index in [1.165, 1.54) is 0 Å². The Morgan fingerprint density at radius 3 is 2.59 bits per heavy atom. The van der Waals surface area contributed by atoms with Gasteiger partial charge in [0.05, 0.1) is 0 Å². The van der Waals surface area contributed by atoms with Crippen LogP contribution in [0.15, 0.2) is 66.7 Å².